The van der Waals surface area contributed by atoms with E-state index in [1.165, 1.54) is 25.0 Å². The van der Waals surface area contributed by atoms with E-state index in [0.29, 0.717) is 6.04 Å². The van der Waals surface area contributed by atoms with E-state index in [0.717, 1.165) is 24.2 Å². The minimum Gasteiger partial charge on any atom is -0.307 e. The molecule has 0 radical (unpaired) electrons. The number of nitrogens with zero attached hydrogens (tertiary/aromatic N) is 3. The van der Waals surface area contributed by atoms with Gasteiger partial charge in [-0.15, -0.1) is 0 Å². The minimum absolute atomic E-state index is 0.668. The summed E-state index contributed by atoms with van der Waals surface area (Å²) in [5.41, 5.74) is 0. The molecule has 0 spiro atoms. The van der Waals surface area contributed by atoms with E-state index in [-0.39, 0.29) is 0 Å². The van der Waals surface area contributed by atoms with Crippen molar-refractivity contribution in [2.24, 2.45) is 0 Å². The highest BCUT2D eigenvalue weighted by atomic mass is 32.2. The molecule has 4 nitrogen and oxygen atoms in total. The van der Waals surface area contributed by atoms with Crippen LogP contribution in [0.5, 0.6) is 0 Å². The zero-order valence-electron chi connectivity index (χ0n) is 10.7. The molecule has 1 aliphatic carbocycles. The Labute approximate surface area is 108 Å². The van der Waals surface area contributed by atoms with Gasteiger partial charge in [-0.2, -0.15) is 16.9 Å². The number of hydrogen-bond acceptors (Lipinski definition) is 4. The zero-order valence-corrected chi connectivity index (χ0v) is 11.5. The Hall–Kier alpha value is -0.550. The summed E-state index contributed by atoms with van der Waals surface area (Å²) in [7, 11) is 0. The van der Waals surface area contributed by atoms with Crippen molar-refractivity contribution in [3.8, 4) is 0 Å². The molecule has 1 aliphatic rings. The number of thioether (sulfide) groups is 1. The maximum atomic E-state index is 4.29. The predicted molar refractivity (Wildman–Crippen MR) is 72.1 cm³/mol. The molecule has 2 unspecified atom stereocenters. The molecule has 0 aliphatic heterocycles. The molecule has 17 heavy (non-hydrogen) atoms. The first kappa shape index (κ1) is 12.9. The highest BCUT2D eigenvalue weighted by Gasteiger charge is 2.24. The molecular formula is C12H22N4S. The van der Waals surface area contributed by atoms with Crippen molar-refractivity contribution in [2.45, 2.75) is 57.5 Å². The van der Waals surface area contributed by atoms with Crippen molar-refractivity contribution in [1.29, 1.82) is 0 Å². The number of rotatable bonds is 6. The Morgan fingerprint density at radius 2 is 2.35 bits per heavy atom. The Bertz CT molecular complexity index is 339. The topological polar surface area (TPSA) is 42.7 Å². The predicted octanol–water partition coefficient (Wildman–Crippen LogP) is 2.06. The molecule has 0 amide bonds. The van der Waals surface area contributed by atoms with Gasteiger partial charge in [0.1, 0.15) is 12.2 Å². The lowest BCUT2D eigenvalue weighted by molar-refractivity contribution is 0.493. The molecule has 1 heterocycles. The zero-order chi connectivity index (χ0) is 12.1. The summed E-state index contributed by atoms with van der Waals surface area (Å²) < 4.78 is 1.96. The lowest BCUT2D eigenvalue weighted by Gasteiger charge is -2.12. The number of aromatic nitrogens is 3. The fourth-order valence-electron chi connectivity index (χ4n) is 2.44. The van der Waals surface area contributed by atoms with Crippen LogP contribution in [0.1, 0.15) is 38.9 Å². The van der Waals surface area contributed by atoms with Crippen LogP contribution >= 0.6 is 11.8 Å². The SMILES string of the molecule is CCSC1CCC(NCc2ncnn2CC)C1. The van der Waals surface area contributed by atoms with E-state index in [4.69, 9.17) is 0 Å². The molecule has 1 N–H and O–H groups in total. The van der Waals surface area contributed by atoms with Crippen LogP contribution in [-0.2, 0) is 13.1 Å². The van der Waals surface area contributed by atoms with Crippen LogP contribution in [0.25, 0.3) is 0 Å². The molecule has 2 atom stereocenters. The Morgan fingerprint density at radius 1 is 1.47 bits per heavy atom. The van der Waals surface area contributed by atoms with E-state index in [1.54, 1.807) is 6.33 Å². The minimum atomic E-state index is 0.668. The first-order valence-corrected chi connectivity index (χ1v) is 7.60. The van der Waals surface area contributed by atoms with Crippen molar-refractivity contribution in [3.05, 3.63) is 12.2 Å². The third-order valence-corrected chi connectivity index (χ3v) is 4.56. The second kappa shape index (κ2) is 6.40. The van der Waals surface area contributed by atoms with Crippen LogP contribution < -0.4 is 5.32 Å². The average Bonchev–Trinajstić information content (AvgIpc) is 2.95. The molecule has 1 saturated carbocycles. The second-order valence-electron chi connectivity index (χ2n) is 4.46. The first-order chi connectivity index (χ1) is 8.33. The summed E-state index contributed by atoms with van der Waals surface area (Å²) in [5.74, 6) is 2.29. The fraction of sp³-hybridized carbons (Fsp3) is 0.833. The van der Waals surface area contributed by atoms with Gasteiger partial charge in [0.05, 0.1) is 6.54 Å². The third kappa shape index (κ3) is 3.45. The van der Waals surface area contributed by atoms with Crippen molar-refractivity contribution in [2.75, 3.05) is 5.75 Å². The van der Waals surface area contributed by atoms with Crippen LogP contribution in [0.2, 0.25) is 0 Å². The standard InChI is InChI=1S/C12H22N4S/c1-3-16-12(14-9-15-16)8-13-10-5-6-11(7-10)17-4-2/h9-11,13H,3-8H2,1-2H3. The molecule has 0 aromatic carbocycles. The lowest BCUT2D eigenvalue weighted by Crippen LogP contribution is -2.27. The van der Waals surface area contributed by atoms with E-state index < -0.39 is 0 Å². The molecule has 0 saturated heterocycles. The normalized spacial score (nSPS) is 24.4. The van der Waals surface area contributed by atoms with E-state index in [1.807, 2.05) is 4.68 Å². The van der Waals surface area contributed by atoms with Crippen molar-refractivity contribution in [3.63, 3.8) is 0 Å². The van der Waals surface area contributed by atoms with Gasteiger partial charge in [-0.3, -0.25) is 0 Å². The summed E-state index contributed by atoms with van der Waals surface area (Å²) in [6.07, 6.45) is 5.61. The van der Waals surface area contributed by atoms with Gasteiger partial charge >= 0.3 is 0 Å². The number of hydrogen-bond donors (Lipinski definition) is 1. The van der Waals surface area contributed by atoms with Crippen LogP contribution in [0.4, 0.5) is 0 Å². The quantitative estimate of drug-likeness (QED) is 0.844. The van der Waals surface area contributed by atoms with Gasteiger partial charge in [0.2, 0.25) is 0 Å². The maximum absolute atomic E-state index is 4.29. The van der Waals surface area contributed by atoms with Gasteiger partial charge in [0.15, 0.2) is 0 Å². The summed E-state index contributed by atoms with van der Waals surface area (Å²) in [6, 6.07) is 0.668. The van der Waals surface area contributed by atoms with Crippen LogP contribution in [-0.4, -0.2) is 31.8 Å². The number of nitrogens with one attached hydrogen (secondary N) is 1. The first-order valence-electron chi connectivity index (χ1n) is 6.55. The smallest absolute Gasteiger partial charge is 0.140 e. The molecule has 96 valence electrons. The van der Waals surface area contributed by atoms with Crippen molar-refractivity contribution < 1.29 is 0 Å². The van der Waals surface area contributed by atoms with E-state index in [2.05, 4.69) is 41.0 Å². The molecular weight excluding hydrogens is 232 g/mol. The third-order valence-electron chi connectivity index (χ3n) is 3.33. The highest BCUT2D eigenvalue weighted by Crippen LogP contribution is 2.29. The molecule has 1 aromatic heterocycles. The van der Waals surface area contributed by atoms with Crippen molar-refractivity contribution in [1.82, 2.24) is 20.1 Å². The Morgan fingerprint density at radius 3 is 3.12 bits per heavy atom. The van der Waals surface area contributed by atoms with Gasteiger partial charge in [0, 0.05) is 17.8 Å². The molecule has 1 aromatic rings. The summed E-state index contributed by atoms with van der Waals surface area (Å²) in [4.78, 5) is 4.29. The highest BCUT2D eigenvalue weighted by molar-refractivity contribution is 7.99. The summed E-state index contributed by atoms with van der Waals surface area (Å²) in [6.45, 7) is 6.09. The van der Waals surface area contributed by atoms with Gasteiger partial charge in [-0.05, 0) is 31.9 Å². The average molecular weight is 254 g/mol. The Balaban J connectivity index is 1.76. The van der Waals surface area contributed by atoms with E-state index in [9.17, 15) is 0 Å². The van der Waals surface area contributed by atoms with Gasteiger partial charge < -0.3 is 5.32 Å². The monoisotopic (exact) mass is 254 g/mol. The van der Waals surface area contributed by atoms with E-state index >= 15 is 0 Å². The second-order valence-corrected chi connectivity index (χ2v) is 6.04. The van der Waals surface area contributed by atoms with Crippen molar-refractivity contribution >= 4 is 11.8 Å². The molecule has 2 rings (SSSR count). The fourth-order valence-corrected chi connectivity index (χ4v) is 3.58. The van der Waals surface area contributed by atoms with Crippen LogP contribution in [0.3, 0.4) is 0 Å². The summed E-state index contributed by atoms with van der Waals surface area (Å²) in [5, 5.41) is 8.66. The largest absolute Gasteiger partial charge is 0.307 e. The lowest BCUT2D eigenvalue weighted by atomic mass is 10.2. The van der Waals surface area contributed by atoms with Gasteiger partial charge in [-0.1, -0.05) is 6.92 Å². The molecule has 5 heteroatoms. The number of aryl methyl sites for hydroxylation is 1. The molecule has 0 bridgehead atoms. The maximum Gasteiger partial charge on any atom is 0.140 e. The van der Waals surface area contributed by atoms with Crippen LogP contribution in [0, 0.1) is 0 Å². The Kier molecular flexibility index (Phi) is 4.86. The molecule has 1 fully saturated rings. The summed E-state index contributed by atoms with van der Waals surface area (Å²) >= 11 is 2.10. The van der Waals surface area contributed by atoms with Gasteiger partial charge in [-0.25, -0.2) is 9.67 Å². The van der Waals surface area contributed by atoms with Gasteiger partial charge in [0.25, 0.3) is 0 Å². The van der Waals surface area contributed by atoms with Crippen LogP contribution in [0.15, 0.2) is 6.33 Å².